The number of nitrogens with zero attached hydrogens (tertiary/aromatic N) is 3. The van der Waals surface area contributed by atoms with Gasteiger partial charge in [0.1, 0.15) is 12.1 Å². The van der Waals surface area contributed by atoms with Crippen LogP contribution in [0.25, 0.3) is 10.4 Å². The largest absolute Gasteiger partial charge is 0.447 e. The second kappa shape index (κ2) is 13.0. The molecule has 2 heterocycles. The number of anilines is 2. The maximum absolute atomic E-state index is 13.2. The Morgan fingerprint density at radius 1 is 1.07 bits per heavy atom. The first-order valence-electron chi connectivity index (χ1n) is 13.7. The lowest BCUT2D eigenvalue weighted by atomic mass is 9.86. The van der Waals surface area contributed by atoms with E-state index in [1.807, 2.05) is 32.0 Å². The molecule has 12 heteroatoms. The maximum Gasteiger partial charge on any atom is 0.407 e. The number of ether oxygens (including phenoxy) is 1. The minimum Gasteiger partial charge on any atom is -0.447 e. The van der Waals surface area contributed by atoms with Crippen LogP contribution >= 0.6 is 11.3 Å². The van der Waals surface area contributed by atoms with Gasteiger partial charge in [0.05, 0.1) is 20.9 Å². The smallest absolute Gasteiger partial charge is 0.407 e. The number of rotatable bonds is 10. The molecule has 2 aromatic heterocycles. The van der Waals surface area contributed by atoms with Crippen LogP contribution in [0.5, 0.6) is 0 Å². The predicted molar refractivity (Wildman–Crippen MR) is 158 cm³/mol. The summed E-state index contributed by atoms with van der Waals surface area (Å²) in [6, 6.07) is 7.26. The van der Waals surface area contributed by atoms with Gasteiger partial charge in [-0.15, -0.1) is 11.3 Å². The zero-order valence-corrected chi connectivity index (χ0v) is 25.2. The molecule has 1 saturated carbocycles. The third-order valence-corrected chi connectivity index (χ3v) is 9.47. The van der Waals surface area contributed by atoms with Crippen molar-refractivity contribution in [2.24, 2.45) is 0 Å². The first kappa shape index (κ1) is 29.9. The van der Waals surface area contributed by atoms with Crippen molar-refractivity contribution in [2.75, 3.05) is 11.9 Å². The molecule has 1 amide bonds. The van der Waals surface area contributed by atoms with Gasteiger partial charge in [0.2, 0.25) is 10.0 Å². The topological polar surface area (TPSA) is 135 Å². The highest BCUT2D eigenvalue weighted by Gasteiger charge is 2.27. The summed E-state index contributed by atoms with van der Waals surface area (Å²) in [6.07, 6.45) is 6.20. The summed E-state index contributed by atoms with van der Waals surface area (Å²) in [6.45, 7) is 9.80. The SMILES string of the molecule is CCNS(=O)(=O)c1cc(Nc2cc(C(C)C)ncn2)ccc1-c1cnc(C2CCC(NC(=O)OC(C)C)CC2)s1. The summed E-state index contributed by atoms with van der Waals surface area (Å²) < 4.78 is 34.3. The fraction of sp³-hybridized carbons (Fsp3) is 0.500. The molecule has 0 bridgehead atoms. The highest BCUT2D eigenvalue weighted by molar-refractivity contribution is 7.89. The third kappa shape index (κ3) is 7.55. The Balaban J connectivity index is 1.53. The highest BCUT2D eigenvalue weighted by atomic mass is 32.2. The summed E-state index contributed by atoms with van der Waals surface area (Å²) in [7, 11) is -3.76. The first-order valence-corrected chi connectivity index (χ1v) is 16.0. The zero-order chi connectivity index (χ0) is 28.9. The van der Waals surface area contributed by atoms with E-state index in [0.29, 0.717) is 17.1 Å². The van der Waals surface area contributed by atoms with E-state index < -0.39 is 10.0 Å². The summed E-state index contributed by atoms with van der Waals surface area (Å²) >= 11 is 1.52. The Bertz CT molecular complexity index is 1420. The molecule has 0 atom stereocenters. The summed E-state index contributed by atoms with van der Waals surface area (Å²) in [5, 5.41) is 7.16. The van der Waals surface area contributed by atoms with Gasteiger partial charge in [0.15, 0.2) is 0 Å². The Kier molecular flexibility index (Phi) is 9.75. The van der Waals surface area contributed by atoms with Gasteiger partial charge in [-0.3, -0.25) is 0 Å². The van der Waals surface area contributed by atoms with Crippen molar-refractivity contribution in [3.05, 3.63) is 47.5 Å². The van der Waals surface area contributed by atoms with Crippen LogP contribution in [0.4, 0.5) is 16.3 Å². The van der Waals surface area contributed by atoms with E-state index in [2.05, 4.69) is 44.2 Å². The van der Waals surface area contributed by atoms with Gasteiger partial charge < -0.3 is 15.4 Å². The lowest BCUT2D eigenvalue weighted by molar-refractivity contribution is 0.109. The van der Waals surface area contributed by atoms with Crippen LogP contribution in [-0.2, 0) is 14.8 Å². The van der Waals surface area contributed by atoms with E-state index in [9.17, 15) is 13.2 Å². The van der Waals surface area contributed by atoms with Crippen LogP contribution < -0.4 is 15.4 Å². The van der Waals surface area contributed by atoms with Crippen LogP contribution in [0.3, 0.4) is 0 Å². The number of carbonyl (C=O) groups is 1. The minimum atomic E-state index is -3.76. The van der Waals surface area contributed by atoms with Crippen LogP contribution in [0.15, 0.2) is 41.7 Å². The van der Waals surface area contributed by atoms with Crippen LogP contribution in [0.2, 0.25) is 0 Å². The quantitative estimate of drug-likeness (QED) is 0.266. The average molecular weight is 587 g/mol. The second-order valence-electron chi connectivity index (χ2n) is 10.5. The monoisotopic (exact) mass is 586 g/mol. The van der Waals surface area contributed by atoms with Gasteiger partial charge in [-0.25, -0.2) is 32.9 Å². The Labute approximate surface area is 240 Å². The molecule has 216 valence electrons. The maximum atomic E-state index is 13.2. The molecule has 3 N–H and O–H groups in total. The molecule has 10 nitrogen and oxygen atoms in total. The van der Waals surface area contributed by atoms with E-state index in [4.69, 9.17) is 4.74 Å². The normalized spacial score (nSPS) is 17.7. The number of sulfonamides is 1. The average Bonchev–Trinajstić information content (AvgIpc) is 3.39. The number of aromatic nitrogens is 3. The first-order chi connectivity index (χ1) is 19.1. The predicted octanol–water partition coefficient (Wildman–Crippen LogP) is 5.93. The van der Waals surface area contributed by atoms with Crippen molar-refractivity contribution >= 4 is 39.0 Å². The van der Waals surface area contributed by atoms with Crippen LogP contribution in [0, 0.1) is 0 Å². The van der Waals surface area contributed by atoms with Crippen molar-refractivity contribution in [2.45, 2.75) is 89.2 Å². The standard InChI is InChI=1S/C28H38N6O4S2/c1-6-32-40(36,37)25-13-21(33-26-14-23(17(2)3)30-16-31-26)11-12-22(25)24-15-29-27(39-24)19-7-9-20(10-8-19)34-28(35)38-18(4)5/h11-20,32H,6-10H2,1-5H3,(H,34,35)(H,30,31,33). The van der Waals surface area contributed by atoms with Crippen LogP contribution in [0.1, 0.15) is 82.8 Å². The Morgan fingerprint density at radius 3 is 2.50 bits per heavy atom. The third-order valence-electron chi connectivity index (χ3n) is 6.69. The molecular weight excluding hydrogens is 548 g/mol. The number of thiazole rings is 1. The van der Waals surface area contributed by atoms with Crippen molar-refractivity contribution in [1.29, 1.82) is 0 Å². The fourth-order valence-corrected chi connectivity index (χ4v) is 7.17. The number of alkyl carbamates (subject to hydrolysis) is 1. The lowest BCUT2D eigenvalue weighted by Crippen LogP contribution is -2.38. The van der Waals surface area contributed by atoms with E-state index >= 15 is 0 Å². The summed E-state index contributed by atoms with van der Waals surface area (Å²) in [5.41, 5.74) is 2.11. The highest BCUT2D eigenvalue weighted by Crippen LogP contribution is 2.40. The molecule has 1 aromatic carbocycles. The molecule has 1 aliphatic carbocycles. The van der Waals surface area contributed by atoms with Crippen molar-refractivity contribution in [3.8, 4) is 10.4 Å². The molecule has 3 aromatic rings. The molecule has 1 fully saturated rings. The van der Waals surface area contributed by atoms with Gasteiger partial charge in [-0.1, -0.05) is 26.8 Å². The number of carbonyl (C=O) groups excluding carboxylic acids is 1. The summed E-state index contributed by atoms with van der Waals surface area (Å²) in [5.74, 6) is 1.10. The van der Waals surface area contributed by atoms with Crippen LogP contribution in [-0.4, -0.2) is 48.2 Å². The number of hydrogen-bond donors (Lipinski definition) is 3. The zero-order valence-electron chi connectivity index (χ0n) is 23.6. The molecule has 4 rings (SSSR count). The number of benzene rings is 1. The lowest BCUT2D eigenvalue weighted by Gasteiger charge is -2.28. The van der Waals surface area contributed by atoms with E-state index in [0.717, 1.165) is 41.3 Å². The molecule has 0 unspecified atom stereocenters. The Hall–Kier alpha value is -3.09. The molecule has 0 saturated heterocycles. The van der Waals surface area contributed by atoms with Gasteiger partial charge in [0.25, 0.3) is 0 Å². The molecule has 0 spiro atoms. The minimum absolute atomic E-state index is 0.0883. The molecule has 1 aliphatic rings. The van der Waals surface area contributed by atoms with Gasteiger partial charge in [-0.2, -0.15) is 0 Å². The molecule has 0 aliphatic heterocycles. The number of hydrogen-bond acceptors (Lipinski definition) is 9. The van der Waals surface area contributed by atoms with Crippen molar-refractivity contribution in [3.63, 3.8) is 0 Å². The number of amides is 1. The number of nitrogens with one attached hydrogen (secondary N) is 3. The van der Waals surface area contributed by atoms with E-state index in [1.54, 1.807) is 19.2 Å². The second-order valence-corrected chi connectivity index (χ2v) is 13.3. The van der Waals surface area contributed by atoms with E-state index in [1.165, 1.54) is 17.7 Å². The molecule has 0 radical (unpaired) electrons. The van der Waals surface area contributed by atoms with E-state index in [-0.39, 0.29) is 41.5 Å². The Morgan fingerprint density at radius 2 is 1.82 bits per heavy atom. The molecular formula is C28H38N6O4S2. The van der Waals surface area contributed by atoms with Gasteiger partial charge in [-0.05, 0) is 57.6 Å². The fourth-order valence-electron chi connectivity index (χ4n) is 4.70. The van der Waals surface area contributed by atoms with Crippen molar-refractivity contribution < 1.29 is 17.9 Å². The van der Waals surface area contributed by atoms with Gasteiger partial charge in [0, 0.05) is 47.7 Å². The molecule has 40 heavy (non-hydrogen) atoms. The van der Waals surface area contributed by atoms with Gasteiger partial charge >= 0.3 is 6.09 Å². The summed E-state index contributed by atoms with van der Waals surface area (Å²) in [4.78, 5) is 26.2. The van der Waals surface area contributed by atoms with Crippen molar-refractivity contribution in [1.82, 2.24) is 25.0 Å².